The van der Waals surface area contributed by atoms with E-state index in [2.05, 4.69) is 39.2 Å². The van der Waals surface area contributed by atoms with Crippen LogP contribution >= 0.6 is 0 Å². The van der Waals surface area contributed by atoms with Crippen LogP contribution in [0, 0.1) is 17.3 Å². The molecule has 3 aliphatic heterocycles. The summed E-state index contributed by atoms with van der Waals surface area (Å²) in [4.78, 5) is 50.0. The van der Waals surface area contributed by atoms with Crippen molar-refractivity contribution in [3.63, 3.8) is 0 Å². The minimum atomic E-state index is -2.20. The van der Waals surface area contributed by atoms with Crippen molar-refractivity contribution in [2.24, 2.45) is 17.3 Å². The Kier molecular flexibility index (Phi) is 12.5. The van der Waals surface area contributed by atoms with Crippen LogP contribution in [0.25, 0.3) is 10.9 Å². The molecular formula is C49H68N4O9. The van der Waals surface area contributed by atoms with Gasteiger partial charge in [0.05, 0.1) is 26.9 Å². The molecule has 1 saturated carbocycles. The van der Waals surface area contributed by atoms with Gasteiger partial charge in [-0.25, -0.2) is 4.79 Å². The molecule has 3 aromatic rings. The molecule has 62 heavy (non-hydrogen) atoms. The first-order chi connectivity index (χ1) is 29.4. The smallest absolute Gasteiger partial charge is 0.341 e. The molecule has 0 radical (unpaired) electrons. The first-order valence-corrected chi connectivity index (χ1v) is 22.3. The third-order valence-corrected chi connectivity index (χ3v) is 15.3. The summed E-state index contributed by atoms with van der Waals surface area (Å²) in [7, 11) is 8.29. The maximum absolute atomic E-state index is 15.4. The van der Waals surface area contributed by atoms with Crippen LogP contribution in [-0.4, -0.2) is 123 Å². The topological polar surface area (TPSA) is 163 Å². The van der Waals surface area contributed by atoms with Crippen LogP contribution in [0.15, 0.2) is 48.6 Å². The van der Waals surface area contributed by atoms with E-state index >= 15 is 4.79 Å². The van der Waals surface area contributed by atoms with Crippen LogP contribution in [0.4, 0.5) is 5.69 Å². The molecule has 4 N–H and O–H groups in total. The van der Waals surface area contributed by atoms with Gasteiger partial charge < -0.3 is 44.4 Å². The average Bonchev–Trinajstić information content (AvgIpc) is 3.70. The monoisotopic (exact) mass is 856 g/mol. The van der Waals surface area contributed by atoms with Crippen molar-refractivity contribution in [1.82, 2.24) is 15.2 Å². The number of rotatable bonds is 11. The van der Waals surface area contributed by atoms with Gasteiger partial charge in [0.25, 0.3) is 0 Å². The van der Waals surface area contributed by atoms with Gasteiger partial charge in [0.1, 0.15) is 11.2 Å². The van der Waals surface area contributed by atoms with E-state index in [1.54, 1.807) is 7.11 Å². The summed E-state index contributed by atoms with van der Waals surface area (Å²) in [6.45, 7) is 11.3. The summed E-state index contributed by atoms with van der Waals surface area (Å²) < 4.78 is 23.6. The predicted octanol–water partition coefficient (Wildman–Crippen LogP) is 5.56. The quantitative estimate of drug-likeness (QED) is 0.108. The number of anilines is 1. The van der Waals surface area contributed by atoms with E-state index in [9.17, 15) is 19.8 Å². The number of aromatic nitrogens is 1. The molecule has 1 aliphatic carbocycles. The van der Waals surface area contributed by atoms with Crippen molar-refractivity contribution in [3.05, 3.63) is 70.9 Å². The number of nitrogens with one attached hydrogen (secondary N) is 2. The second-order valence-electron chi connectivity index (χ2n) is 19.1. The number of para-hydroxylation sites is 1. The van der Waals surface area contributed by atoms with Gasteiger partial charge in [0.15, 0.2) is 11.7 Å². The van der Waals surface area contributed by atoms with Crippen LogP contribution in [0.2, 0.25) is 0 Å². The molecule has 1 saturated heterocycles. The molecule has 0 bridgehead atoms. The number of hydrogen-bond acceptors (Lipinski definition) is 12. The van der Waals surface area contributed by atoms with E-state index in [4.69, 9.17) is 18.9 Å². The highest BCUT2D eigenvalue weighted by atomic mass is 16.6. The number of carbonyl (C=O) groups is 3. The first-order valence-electron chi connectivity index (χ1n) is 22.3. The maximum Gasteiger partial charge on any atom is 0.341 e. The van der Waals surface area contributed by atoms with Crippen molar-refractivity contribution >= 4 is 34.5 Å². The van der Waals surface area contributed by atoms with Crippen molar-refractivity contribution in [2.75, 3.05) is 66.5 Å². The molecule has 9 atom stereocenters. The third kappa shape index (κ3) is 7.40. The highest BCUT2D eigenvalue weighted by Crippen LogP contribution is 2.60. The van der Waals surface area contributed by atoms with Crippen molar-refractivity contribution < 1.29 is 43.5 Å². The van der Waals surface area contributed by atoms with Crippen LogP contribution in [0.5, 0.6) is 5.75 Å². The van der Waals surface area contributed by atoms with Gasteiger partial charge in [0, 0.05) is 84.9 Å². The Bertz CT molecular complexity index is 2220. The first kappa shape index (κ1) is 45.6. The number of nitrogens with zero attached hydrogens (tertiary/aromatic N) is 2. The summed E-state index contributed by atoms with van der Waals surface area (Å²) in [6, 6.07) is 11.9. The summed E-state index contributed by atoms with van der Waals surface area (Å²) in [5, 5.41) is 28.5. The fraction of sp³-hybridized carbons (Fsp3) is 0.612. The standard InChI is InChI=1S/C49H68N4O9/c1-11-47(58)27-31-24-32(31)28-49(44(56)61-10,40-34(18-21-50-29-47)33-16-13-14-17-37(33)51-40)36-25-35(38(52(6)7)26-39(36)59-8)45(4)20-23-53-22-15-19-48(12-2,41(45)53)42(62-30(3)54)46(5,57)43(55)60-9/h13-17,19,25-26,31-32,41-42,50-51,57-58H,11-12,18,20-24,27-29H2,1-10H3/t31-,32+,41-,42+,45+,46?,47?,48-,49+/m1/s1. The van der Waals surface area contributed by atoms with Crippen LogP contribution in [0.3, 0.4) is 0 Å². The number of carbonyl (C=O) groups excluding carboxylic acids is 3. The number of hydrogen-bond donors (Lipinski definition) is 4. The molecule has 0 spiro atoms. The van der Waals surface area contributed by atoms with E-state index in [-0.39, 0.29) is 11.8 Å². The Labute approximate surface area is 366 Å². The van der Waals surface area contributed by atoms with E-state index < -0.39 is 57.5 Å². The number of methoxy groups -OCH3 is 3. The lowest BCUT2D eigenvalue weighted by molar-refractivity contribution is -0.200. The van der Waals surface area contributed by atoms with Gasteiger partial charge in [0.2, 0.25) is 0 Å². The summed E-state index contributed by atoms with van der Waals surface area (Å²) in [5.74, 6) is -1.09. The number of ether oxygens (including phenoxy) is 4. The Morgan fingerprint density at radius 3 is 2.40 bits per heavy atom. The number of benzene rings is 2. The molecule has 13 nitrogen and oxygen atoms in total. The fourth-order valence-electron chi connectivity index (χ4n) is 12.0. The molecule has 2 unspecified atom stereocenters. The number of esters is 3. The SMILES string of the molecule is CCC1(O)CNCCc2c([nH]c3ccccc23)[C@@](C(=O)OC)(c2cc([C@]3(C)CCN4CC=C[C@@](CC)([C@@H](OC(C)=O)C(C)(O)C(=O)OC)[C@H]43)c(N(C)C)cc2OC)C[C@@H]2C[C@@H]2C1. The lowest BCUT2D eigenvalue weighted by Gasteiger charge is -2.55. The number of fused-ring (bicyclic) bond motifs is 5. The average molecular weight is 857 g/mol. The van der Waals surface area contributed by atoms with Crippen molar-refractivity contribution in [3.8, 4) is 5.75 Å². The fourth-order valence-corrected chi connectivity index (χ4v) is 12.0. The molecule has 4 aliphatic rings. The minimum Gasteiger partial charge on any atom is -0.496 e. The van der Waals surface area contributed by atoms with E-state index in [0.717, 1.165) is 39.8 Å². The highest BCUT2D eigenvalue weighted by molar-refractivity contribution is 5.94. The molecule has 0 amide bonds. The second kappa shape index (κ2) is 16.9. The van der Waals surface area contributed by atoms with Gasteiger partial charge in [-0.15, -0.1) is 0 Å². The maximum atomic E-state index is 15.4. The van der Waals surface area contributed by atoms with Gasteiger partial charge in [-0.3, -0.25) is 14.5 Å². The minimum absolute atomic E-state index is 0.103. The number of aromatic amines is 1. The van der Waals surface area contributed by atoms with E-state index in [0.29, 0.717) is 76.0 Å². The lowest BCUT2D eigenvalue weighted by atomic mass is 9.57. The zero-order chi connectivity index (χ0) is 45.0. The third-order valence-electron chi connectivity index (χ3n) is 15.3. The van der Waals surface area contributed by atoms with E-state index in [1.807, 2.05) is 64.4 Å². The largest absolute Gasteiger partial charge is 0.496 e. The van der Waals surface area contributed by atoms with Crippen molar-refractivity contribution in [1.29, 1.82) is 0 Å². The summed E-state index contributed by atoms with van der Waals surface area (Å²) in [6.07, 6.45) is 6.97. The van der Waals surface area contributed by atoms with Crippen LogP contribution in [-0.2, 0) is 45.8 Å². The Balaban J connectivity index is 1.53. The van der Waals surface area contributed by atoms with Crippen molar-refractivity contribution in [2.45, 2.75) is 114 Å². The number of H-pyrrole nitrogens is 1. The molecular weight excluding hydrogens is 789 g/mol. The summed E-state index contributed by atoms with van der Waals surface area (Å²) >= 11 is 0. The van der Waals surface area contributed by atoms with Crippen LogP contribution in [0.1, 0.15) is 95.5 Å². The predicted molar refractivity (Wildman–Crippen MR) is 238 cm³/mol. The molecule has 7 rings (SSSR count). The Hall–Kier alpha value is -4.43. The van der Waals surface area contributed by atoms with Gasteiger partial charge in [-0.05, 0) is 100 Å². The number of aliphatic hydroxyl groups is 2. The molecule has 338 valence electrons. The highest BCUT2D eigenvalue weighted by Gasteiger charge is 2.65. The molecule has 13 heteroatoms. The van der Waals surface area contributed by atoms with Gasteiger partial charge >= 0.3 is 17.9 Å². The number of β-amino-alcohol motifs (C(OH)–C–C–N with tert-alkyl or cyclic N) is 1. The van der Waals surface area contributed by atoms with Gasteiger partial charge in [-0.1, -0.05) is 51.1 Å². The molecule has 2 aromatic carbocycles. The zero-order valence-corrected chi connectivity index (χ0v) is 38.4. The normalized spacial score (nSPS) is 31.3. The molecule has 2 fully saturated rings. The summed E-state index contributed by atoms with van der Waals surface area (Å²) in [5.41, 5.74) is -1.04. The van der Waals surface area contributed by atoms with Crippen LogP contribution < -0.4 is 15.0 Å². The Morgan fingerprint density at radius 1 is 1.03 bits per heavy atom. The lowest BCUT2D eigenvalue weighted by Crippen LogP contribution is -2.66. The Morgan fingerprint density at radius 2 is 1.76 bits per heavy atom. The second-order valence-corrected chi connectivity index (χ2v) is 19.1. The van der Waals surface area contributed by atoms with Gasteiger partial charge in [-0.2, -0.15) is 0 Å². The zero-order valence-electron chi connectivity index (χ0n) is 38.4. The van der Waals surface area contributed by atoms with E-state index in [1.165, 1.54) is 28.1 Å². The molecule has 4 heterocycles. The molecule has 1 aromatic heterocycles.